The SMILES string of the molecule is CCCCOc1cc(SC)c(O)c2c1SC(=C1C(=O)N(CCCC)N(CCCC)C1=O)S2. The van der Waals surface area contributed by atoms with E-state index >= 15 is 0 Å². The van der Waals surface area contributed by atoms with Crippen LogP contribution in [-0.4, -0.2) is 52.9 Å². The molecular weight excluding hydrogens is 464 g/mol. The summed E-state index contributed by atoms with van der Waals surface area (Å²) in [5.74, 6) is 0.417. The van der Waals surface area contributed by atoms with E-state index in [1.165, 1.54) is 35.3 Å². The van der Waals surface area contributed by atoms with Gasteiger partial charge in [-0.1, -0.05) is 63.6 Å². The molecule has 9 heteroatoms. The highest BCUT2D eigenvalue weighted by molar-refractivity contribution is 8.25. The maximum Gasteiger partial charge on any atom is 0.279 e. The normalized spacial score (nSPS) is 15.9. The smallest absolute Gasteiger partial charge is 0.279 e. The minimum absolute atomic E-state index is 0.187. The lowest BCUT2D eigenvalue weighted by molar-refractivity contribution is -0.147. The van der Waals surface area contributed by atoms with E-state index in [0.717, 1.165) is 48.3 Å². The van der Waals surface area contributed by atoms with Crippen LogP contribution in [0.5, 0.6) is 11.5 Å². The average Bonchev–Trinajstić information content (AvgIpc) is 3.32. The molecule has 1 saturated heterocycles. The molecule has 0 spiro atoms. The summed E-state index contributed by atoms with van der Waals surface area (Å²) < 4.78 is 6.66. The summed E-state index contributed by atoms with van der Waals surface area (Å²) in [6.07, 6.45) is 7.46. The molecule has 0 aliphatic carbocycles. The van der Waals surface area contributed by atoms with Crippen molar-refractivity contribution in [2.24, 2.45) is 0 Å². The number of hydrogen-bond donors (Lipinski definition) is 1. The maximum atomic E-state index is 13.3. The highest BCUT2D eigenvalue weighted by Gasteiger charge is 2.44. The largest absolute Gasteiger partial charge is 0.506 e. The zero-order valence-corrected chi connectivity index (χ0v) is 21.7. The first-order valence-electron chi connectivity index (χ1n) is 11.3. The first-order chi connectivity index (χ1) is 15.5. The number of hydrazine groups is 1. The molecule has 1 fully saturated rings. The van der Waals surface area contributed by atoms with Crippen LogP contribution in [0.2, 0.25) is 0 Å². The molecule has 0 atom stereocenters. The molecule has 6 nitrogen and oxygen atoms in total. The zero-order valence-electron chi connectivity index (χ0n) is 19.2. The van der Waals surface area contributed by atoms with Gasteiger partial charge in [0.1, 0.15) is 17.1 Å². The molecule has 0 unspecified atom stereocenters. The summed E-state index contributed by atoms with van der Waals surface area (Å²) in [5.41, 5.74) is 0.216. The van der Waals surface area contributed by atoms with Gasteiger partial charge in [-0.05, 0) is 31.6 Å². The predicted octanol–water partition coefficient (Wildman–Crippen LogP) is 5.89. The fourth-order valence-corrected chi connectivity index (χ4v) is 6.71. The number of hydrogen-bond acceptors (Lipinski definition) is 7. The number of rotatable bonds is 11. The quantitative estimate of drug-likeness (QED) is 0.177. The Hall–Kier alpha value is -1.45. The van der Waals surface area contributed by atoms with Crippen molar-refractivity contribution in [2.75, 3.05) is 26.0 Å². The number of amides is 2. The van der Waals surface area contributed by atoms with Crippen molar-refractivity contribution in [3.8, 4) is 11.5 Å². The summed E-state index contributed by atoms with van der Waals surface area (Å²) in [7, 11) is 0. The summed E-state index contributed by atoms with van der Waals surface area (Å²) in [4.78, 5) is 28.8. The Balaban J connectivity index is 1.98. The summed E-state index contributed by atoms with van der Waals surface area (Å²) in [5, 5.41) is 14.0. The number of nitrogens with zero attached hydrogens (tertiary/aromatic N) is 2. The van der Waals surface area contributed by atoms with Gasteiger partial charge in [0, 0.05) is 13.1 Å². The number of carbonyl (C=O) groups is 2. The average molecular weight is 497 g/mol. The van der Waals surface area contributed by atoms with Crippen LogP contribution >= 0.6 is 35.3 Å². The number of thioether (sulfide) groups is 3. The third-order valence-electron chi connectivity index (χ3n) is 5.34. The van der Waals surface area contributed by atoms with Gasteiger partial charge in [0.15, 0.2) is 0 Å². The van der Waals surface area contributed by atoms with Crippen LogP contribution in [0.4, 0.5) is 0 Å². The molecule has 32 heavy (non-hydrogen) atoms. The Kier molecular flexibility index (Phi) is 9.13. The van der Waals surface area contributed by atoms with Gasteiger partial charge in [0.05, 0.1) is 25.5 Å². The van der Waals surface area contributed by atoms with Crippen molar-refractivity contribution < 1.29 is 19.4 Å². The molecule has 2 aliphatic rings. The van der Waals surface area contributed by atoms with Crippen LogP contribution in [0.25, 0.3) is 0 Å². The molecule has 1 N–H and O–H groups in total. The fraction of sp³-hybridized carbons (Fsp3) is 0.565. The van der Waals surface area contributed by atoms with E-state index in [2.05, 4.69) is 20.8 Å². The standard InChI is InChI=1S/C23H32N2O4S3/c1-5-8-11-24-21(27)17(22(28)25(24)12-9-6-2)23-31-19-15(29-13-10-7-3)14-16(30-4)18(26)20(19)32-23/h14,26H,5-13H2,1-4H3. The van der Waals surface area contributed by atoms with E-state index in [9.17, 15) is 14.7 Å². The van der Waals surface area contributed by atoms with Crippen molar-refractivity contribution in [2.45, 2.75) is 74.0 Å². The summed E-state index contributed by atoms with van der Waals surface area (Å²) in [6, 6.07) is 1.86. The summed E-state index contributed by atoms with van der Waals surface area (Å²) >= 11 is 4.12. The van der Waals surface area contributed by atoms with E-state index in [1.807, 2.05) is 12.3 Å². The predicted molar refractivity (Wildman–Crippen MR) is 132 cm³/mol. The molecular formula is C23H32N2O4S3. The minimum atomic E-state index is -0.236. The van der Waals surface area contributed by atoms with Crippen molar-refractivity contribution in [3.05, 3.63) is 15.9 Å². The lowest BCUT2D eigenvalue weighted by Gasteiger charge is -2.27. The Morgan fingerprint density at radius 3 is 2.03 bits per heavy atom. The number of fused-ring (bicyclic) bond motifs is 1. The van der Waals surface area contributed by atoms with Crippen molar-refractivity contribution >= 4 is 47.1 Å². The lowest BCUT2D eigenvalue weighted by atomic mass is 10.3. The molecule has 0 aromatic heterocycles. The van der Waals surface area contributed by atoms with Crippen molar-refractivity contribution in [1.29, 1.82) is 0 Å². The number of aromatic hydroxyl groups is 1. The van der Waals surface area contributed by atoms with Gasteiger partial charge in [-0.25, -0.2) is 10.0 Å². The molecule has 1 aromatic carbocycles. The Morgan fingerprint density at radius 2 is 1.50 bits per heavy atom. The van der Waals surface area contributed by atoms with E-state index < -0.39 is 0 Å². The van der Waals surface area contributed by atoms with Gasteiger partial charge in [-0.15, -0.1) is 11.8 Å². The molecule has 0 bridgehead atoms. The first kappa shape index (κ1) is 25.2. The van der Waals surface area contributed by atoms with Gasteiger partial charge < -0.3 is 9.84 Å². The molecule has 3 rings (SSSR count). The third-order valence-corrected chi connectivity index (χ3v) is 8.71. The van der Waals surface area contributed by atoms with E-state index in [-0.39, 0.29) is 23.1 Å². The number of phenols is 1. The van der Waals surface area contributed by atoms with Crippen molar-refractivity contribution in [1.82, 2.24) is 10.0 Å². The zero-order chi connectivity index (χ0) is 23.3. The number of ether oxygens (including phenoxy) is 1. The number of unbranched alkanes of at least 4 members (excludes halogenated alkanes) is 3. The van der Waals surface area contributed by atoms with E-state index in [4.69, 9.17) is 4.74 Å². The summed E-state index contributed by atoms with van der Waals surface area (Å²) in [6.45, 7) is 7.92. The van der Waals surface area contributed by atoms with Gasteiger partial charge in [-0.3, -0.25) is 9.59 Å². The minimum Gasteiger partial charge on any atom is -0.506 e. The van der Waals surface area contributed by atoms with Gasteiger partial charge in [0.25, 0.3) is 11.8 Å². The molecule has 2 aliphatic heterocycles. The number of phenolic OH excluding ortho intramolecular Hbond substituents is 1. The Labute approximate surface area is 203 Å². The highest BCUT2D eigenvalue weighted by Crippen LogP contribution is 2.61. The van der Waals surface area contributed by atoms with Crippen LogP contribution in [0.1, 0.15) is 59.3 Å². The van der Waals surface area contributed by atoms with Crippen molar-refractivity contribution in [3.63, 3.8) is 0 Å². The Bertz CT molecular complexity index is 876. The highest BCUT2D eigenvalue weighted by atomic mass is 32.2. The van der Waals surface area contributed by atoms with E-state index in [1.54, 1.807) is 10.0 Å². The van der Waals surface area contributed by atoms with Gasteiger partial charge in [0.2, 0.25) is 0 Å². The third kappa shape index (κ3) is 5.04. The van der Waals surface area contributed by atoms with E-state index in [0.29, 0.717) is 34.6 Å². The monoisotopic (exact) mass is 496 g/mol. The second-order valence-corrected chi connectivity index (χ2v) is 10.9. The van der Waals surface area contributed by atoms with Crippen LogP contribution in [0.3, 0.4) is 0 Å². The number of carbonyl (C=O) groups excluding carboxylic acids is 2. The molecule has 1 aromatic rings. The second-order valence-electron chi connectivity index (χ2n) is 7.72. The molecule has 2 heterocycles. The van der Waals surface area contributed by atoms with Crippen LogP contribution in [-0.2, 0) is 9.59 Å². The topological polar surface area (TPSA) is 70.1 Å². The number of benzene rings is 1. The molecule has 0 radical (unpaired) electrons. The van der Waals surface area contributed by atoms with Crippen LogP contribution in [0, 0.1) is 0 Å². The molecule has 2 amide bonds. The lowest BCUT2D eigenvalue weighted by Crippen LogP contribution is -2.42. The van der Waals surface area contributed by atoms with Gasteiger partial charge >= 0.3 is 0 Å². The Morgan fingerprint density at radius 1 is 0.938 bits per heavy atom. The first-order valence-corrected chi connectivity index (χ1v) is 14.1. The second kappa shape index (κ2) is 11.6. The van der Waals surface area contributed by atoms with Crippen LogP contribution < -0.4 is 4.74 Å². The fourth-order valence-electron chi connectivity index (χ4n) is 3.48. The van der Waals surface area contributed by atoms with Gasteiger partial charge in [-0.2, -0.15) is 0 Å². The molecule has 0 saturated carbocycles. The molecule has 176 valence electrons. The maximum absolute atomic E-state index is 13.3. The van der Waals surface area contributed by atoms with Crippen LogP contribution in [0.15, 0.2) is 30.6 Å².